The Kier molecular flexibility index (Phi) is 3.89. The largest absolute Gasteiger partial charge is 0.481 e. The Hall–Kier alpha value is -2.15. The molecule has 0 atom stereocenters. The van der Waals surface area contributed by atoms with Crippen molar-refractivity contribution >= 4 is 15.7 Å². The smallest absolute Gasteiger partial charge is 0.261 e. The van der Waals surface area contributed by atoms with Gasteiger partial charge in [-0.3, -0.25) is 4.72 Å². The molecule has 7 heteroatoms. The number of halogens is 1. The summed E-state index contributed by atoms with van der Waals surface area (Å²) < 4.78 is 44.4. The maximum Gasteiger partial charge on any atom is 0.261 e. The van der Waals surface area contributed by atoms with E-state index in [1.165, 1.54) is 19.2 Å². The number of pyridine rings is 1. The highest BCUT2D eigenvalue weighted by atomic mass is 32.2. The average Bonchev–Trinajstić information content (AvgIpc) is 2.41. The predicted molar refractivity (Wildman–Crippen MR) is 72.7 cm³/mol. The first kappa shape index (κ1) is 14.3. The fourth-order valence-corrected chi connectivity index (χ4v) is 2.69. The van der Waals surface area contributed by atoms with Gasteiger partial charge in [-0.15, -0.1) is 0 Å². The number of hydrogen-bond acceptors (Lipinski definition) is 4. The summed E-state index contributed by atoms with van der Waals surface area (Å²) in [5, 5.41) is 0. The van der Waals surface area contributed by atoms with Crippen LogP contribution in [0.1, 0.15) is 5.69 Å². The Morgan fingerprint density at radius 3 is 2.35 bits per heavy atom. The van der Waals surface area contributed by atoms with Crippen LogP contribution >= 0.6 is 0 Å². The van der Waals surface area contributed by atoms with Crippen LogP contribution in [0.4, 0.5) is 10.1 Å². The number of rotatable bonds is 4. The Morgan fingerprint density at radius 1 is 1.15 bits per heavy atom. The van der Waals surface area contributed by atoms with Crippen LogP contribution in [-0.4, -0.2) is 20.5 Å². The number of anilines is 1. The molecule has 0 saturated heterocycles. The molecule has 106 valence electrons. The van der Waals surface area contributed by atoms with Gasteiger partial charge in [0.15, 0.2) is 0 Å². The van der Waals surface area contributed by atoms with E-state index in [1.54, 1.807) is 19.1 Å². The van der Waals surface area contributed by atoms with Gasteiger partial charge in [-0.05, 0) is 37.3 Å². The molecule has 2 aromatic rings. The van der Waals surface area contributed by atoms with Crippen LogP contribution in [0, 0.1) is 12.7 Å². The Labute approximate surface area is 116 Å². The highest BCUT2D eigenvalue weighted by molar-refractivity contribution is 7.92. The van der Waals surface area contributed by atoms with Gasteiger partial charge < -0.3 is 4.74 Å². The lowest BCUT2D eigenvalue weighted by Gasteiger charge is -2.10. The molecule has 1 heterocycles. The van der Waals surface area contributed by atoms with Crippen molar-refractivity contribution in [3.05, 3.63) is 47.9 Å². The first-order chi connectivity index (χ1) is 9.42. The van der Waals surface area contributed by atoms with Gasteiger partial charge in [-0.2, -0.15) is 0 Å². The van der Waals surface area contributed by atoms with Crippen molar-refractivity contribution in [2.45, 2.75) is 11.8 Å². The second-order valence-corrected chi connectivity index (χ2v) is 5.73. The average molecular weight is 296 g/mol. The minimum absolute atomic E-state index is 0.0193. The number of benzene rings is 1. The lowest BCUT2D eigenvalue weighted by molar-refractivity contribution is 0.397. The molecular weight excluding hydrogens is 283 g/mol. The van der Waals surface area contributed by atoms with E-state index in [9.17, 15) is 12.8 Å². The summed E-state index contributed by atoms with van der Waals surface area (Å²) >= 11 is 0. The minimum Gasteiger partial charge on any atom is -0.481 e. The molecule has 0 amide bonds. The lowest BCUT2D eigenvalue weighted by atomic mass is 10.3. The van der Waals surface area contributed by atoms with Crippen LogP contribution in [0.3, 0.4) is 0 Å². The fraction of sp³-hybridized carbons (Fsp3) is 0.154. The highest BCUT2D eigenvalue weighted by Gasteiger charge is 2.15. The van der Waals surface area contributed by atoms with Crippen molar-refractivity contribution in [2.24, 2.45) is 0 Å². The van der Waals surface area contributed by atoms with E-state index >= 15 is 0 Å². The van der Waals surface area contributed by atoms with Crippen LogP contribution in [-0.2, 0) is 10.0 Å². The number of sulfonamides is 1. The van der Waals surface area contributed by atoms with Crippen molar-refractivity contribution < 1.29 is 17.5 Å². The number of hydrogen-bond donors (Lipinski definition) is 1. The summed E-state index contributed by atoms with van der Waals surface area (Å²) in [5.74, 6) is -0.0986. The first-order valence-electron chi connectivity index (χ1n) is 5.72. The molecule has 1 N–H and O–H groups in total. The summed E-state index contributed by atoms with van der Waals surface area (Å²) in [4.78, 5) is 4.06. The first-order valence-corrected chi connectivity index (χ1v) is 7.21. The topological polar surface area (TPSA) is 68.3 Å². The monoisotopic (exact) mass is 296 g/mol. The molecule has 0 fully saturated rings. The summed E-state index contributed by atoms with van der Waals surface area (Å²) in [5.41, 5.74) is 0.824. The van der Waals surface area contributed by atoms with Crippen molar-refractivity contribution in [3.8, 4) is 5.88 Å². The van der Waals surface area contributed by atoms with Gasteiger partial charge >= 0.3 is 0 Å². The van der Waals surface area contributed by atoms with Gasteiger partial charge in [0.1, 0.15) is 5.82 Å². The highest BCUT2D eigenvalue weighted by Crippen LogP contribution is 2.21. The lowest BCUT2D eigenvalue weighted by Crippen LogP contribution is -2.14. The minimum atomic E-state index is -3.77. The van der Waals surface area contributed by atoms with E-state index in [0.717, 1.165) is 12.1 Å². The van der Waals surface area contributed by atoms with E-state index in [-0.39, 0.29) is 4.90 Å². The summed E-state index contributed by atoms with van der Waals surface area (Å²) in [6.45, 7) is 1.66. The van der Waals surface area contributed by atoms with E-state index in [0.29, 0.717) is 17.3 Å². The number of ether oxygens (including phenoxy) is 1. The summed E-state index contributed by atoms with van der Waals surface area (Å²) in [7, 11) is -2.29. The van der Waals surface area contributed by atoms with Gasteiger partial charge in [0.25, 0.3) is 10.0 Å². The van der Waals surface area contributed by atoms with Gasteiger partial charge in [-0.25, -0.2) is 17.8 Å². The standard InChI is InChI=1S/C13H13FN2O3S/c1-9-12(7-8-13(15-9)19-2)16-20(17,18)11-5-3-10(14)4-6-11/h3-8,16H,1-2H3. The molecule has 0 unspecified atom stereocenters. The zero-order valence-corrected chi connectivity index (χ0v) is 11.7. The zero-order chi connectivity index (χ0) is 14.8. The molecule has 5 nitrogen and oxygen atoms in total. The van der Waals surface area contributed by atoms with Crippen molar-refractivity contribution in [1.29, 1.82) is 0 Å². The molecule has 0 aliphatic carbocycles. The maximum absolute atomic E-state index is 12.8. The van der Waals surface area contributed by atoms with Crippen molar-refractivity contribution in [2.75, 3.05) is 11.8 Å². The van der Waals surface area contributed by atoms with E-state index in [1.807, 2.05) is 0 Å². The summed E-state index contributed by atoms with van der Waals surface area (Å²) in [6, 6.07) is 7.69. The van der Waals surface area contributed by atoms with Crippen LogP contribution < -0.4 is 9.46 Å². The van der Waals surface area contributed by atoms with Crippen molar-refractivity contribution in [3.63, 3.8) is 0 Å². The van der Waals surface area contributed by atoms with E-state index in [2.05, 4.69) is 9.71 Å². The second-order valence-electron chi connectivity index (χ2n) is 4.05. The van der Waals surface area contributed by atoms with E-state index in [4.69, 9.17) is 4.74 Å². The Balaban J connectivity index is 2.31. The molecule has 1 aromatic heterocycles. The quantitative estimate of drug-likeness (QED) is 0.940. The molecule has 20 heavy (non-hydrogen) atoms. The molecular formula is C13H13FN2O3S. The number of nitrogens with one attached hydrogen (secondary N) is 1. The molecule has 0 bridgehead atoms. The third kappa shape index (κ3) is 3.05. The zero-order valence-electron chi connectivity index (χ0n) is 10.9. The van der Waals surface area contributed by atoms with Gasteiger partial charge in [0, 0.05) is 6.07 Å². The van der Waals surface area contributed by atoms with Crippen molar-refractivity contribution in [1.82, 2.24) is 4.98 Å². The third-order valence-electron chi connectivity index (χ3n) is 2.64. The van der Waals surface area contributed by atoms with Crippen LogP contribution in [0.2, 0.25) is 0 Å². The molecule has 0 aliphatic rings. The van der Waals surface area contributed by atoms with Gasteiger partial charge in [-0.1, -0.05) is 0 Å². The SMILES string of the molecule is COc1ccc(NS(=O)(=O)c2ccc(F)cc2)c(C)n1. The van der Waals surface area contributed by atoms with Crippen LogP contribution in [0.5, 0.6) is 5.88 Å². The number of methoxy groups -OCH3 is 1. The van der Waals surface area contributed by atoms with Crippen LogP contribution in [0.15, 0.2) is 41.3 Å². The number of aromatic nitrogens is 1. The molecule has 1 aromatic carbocycles. The Morgan fingerprint density at radius 2 is 1.80 bits per heavy atom. The normalized spacial score (nSPS) is 11.2. The van der Waals surface area contributed by atoms with E-state index < -0.39 is 15.8 Å². The van der Waals surface area contributed by atoms with Gasteiger partial charge in [0.05, 0.1) is 23.4 Å². The second kappa shape index (κ2) is 5.46. The fourth-order valence-electron chi connectivity index (χ4n) is 1.58. The third-order valence-corrected chi connectivity index (χ3v) is 4.02. The number of nitrogens with zero attached hydrogens (tertiary/aromatic N) is 1. The molecule has 0 spiro atoms. The Bertz CT molecular complexity index is 715. The molecule has 0 aliphatic heterocycles. The maximum atomic E-state index is 12.8. The molecule has 2 rings (SSSR count). The summed E-state index contributed by atoms with van der Waals surface area (Å²) in [6.07, 6.45) is 0. The molecule has 0 radical (unpaired) electrons. The predicted octanol–water partition coefficient (Wildman–Crippen LogP) is 2.34. The van der Waals surface area contributed by atoms with Gasteiger partial charge in [0.2, 0.25) is 5.88 Å². The molecule has 0 saturated carbocycles. The van der Waals surface area contributed by atoms with Crippen LogP contribution in [0.25, 0.3) is 0 Å². The number of aryl methyl sites for hydroxylation is 1.